The number of aliphatic hydroxyl groups excluding tert-OH is 1. The molecule has 1 saturated carbocycles. The minimum Gasteiger partial charge on any atom is -0.496 e. The lowest BCUT2D eigenvalue weighted by atomic mass is 10.0. The Morgan fingerprint density at radius 1 is 1.19 bits per heavy atom. The van der Waals surface area contributed by atoms with Crippen molar-refractivity contribution in [3.63, 3.8) is 0 Å². The molecule has 1 aliphatic carbocycles. The summed E-state index contributed by atoms with van der Waals surface area (Å²) in [6.07, 6.45) is 5.02. The van der Waals surface area contributed by atoms with Crippen LogP contribution >= 0.6 is 0 Å². The standard InChI is InChI=1S/C26H33N3O7S/c1-16-21(34-2)12-18(13-22(16)35-3)25(30)23(36-19-9-5-6-10-19)15-29-14-17-8-7-11-20(24(17)27-29)26(31)28-37(4,32)33/h7-8,11-14,19,23,25,30H,5-6,9-10,15H2,1-4H3,(H,28,31). The summed E-state index contributed by atoms with van der Waals surface area (Å²) < 4.78 is 44.1. The van der Waals surface area contributed by atoms with Crippen LogP contribution in [0.5, 0.6) is 11.5 Å². The number of rotatable bonds is 10. The van der Waals surface area contributed by atoms with Gasteiger partial charge in [0.15, 0.2) is 0 Å². The molecule has 1 aromatic heterocycles. The van der Waals surface area contributed by atoms with Gasteiger partial charge < -0.3 is 19.3 Å². The molecule has 2 unspecified atom stereocenters. The zero-order valence-electron chi connectivity index (χ0n) is 21.4. The van der Waals surface area contributed by atoms with Crippen LogP contribution in [-0.2, 0) is 21.3 Å². The fraction of sp³-hybridized carbons (Fsp3) is 0.462. The highest BCUT2D eigenvalue weighted by Gasteiger charge is 2.29. The summed E-state index contributed by atoms with van der Waals surface area (Å²) in [6, 6.07) is 8.53. The number of hydrogen-bond acceptors (Lipinski definition) is 8. The molecule has 0 spiro atoms. The zero-order chi connectivity index (χ0) is 26.7. The van der Waals surface area contributed by atoms with Gasteiger partial charge in [0, 0.05) is 17.1 Å². The van der Waals surface area contributed by atoms with Crippen LogP contribution in [0.3, 0.4) is 0 Å². The number of ether oxygens (including phenoxy) is 3. The number of benzene rings is 2. The highest BCUT2D eigenvalue weighted by Crippen LogP contribution is 2.35. The molecule has 2 N–H and O–H groups in total. The molecule has 3 aromatic rings. The fourth-order valence-electron chi connectivity index (χ4n) is 4.76. The first-order chi connectivity index (χ1) is 17.6. The van der Waals surface area contributed by atoms with Crippen molar-refractivity contribution in [1.29, 1.82) is 0 Å². The number of nitrogens with zero attached hydrogens (tertiary/aromatic N) is 2. The van der Waals surface area contributed by atoms with E-state index in [0.29, 0.717) is 28.0 Å². The van der Waals surface area contributed by atoms with E-state index in [1.807, 2.05) is 11.6 Å². The third kappa shape index (κ3) is 6.23. The van der Waals surface area contributed by atoms with Gasteiger partial charge in [-0.3, -0.25) is 9.48 Å². The van der Waals surface area contributed by atoms with Gasteiger partial charge in [0.25, 0.3) is 5.91 Å². The largest absolute Gasteiger partial charge is 0.496 e. The van der Waals surface area contributed by atoms with Gasteiger partial charge >= 0.3 is 0 Å². The second-order valence-electron chi connectivity index (χ2n) is 9.37. The van der Waals surface area contributed by atoms with E-state index in [-0.39, 0.29) is 18.2 Å². The van der Waals surface area contributed by atoms with E-state index >= 15 is 0 Å². The summed E-state index contributed by atoms with van der Waals surface area (Å²) in [5, 5.41) is 16.7. The van der Waals surface area contributed by atoms with Crippen molar-refractivity contribution in [3.05, 3.63) is 53.2 Å². The minimum absolute atomic E-state index is 0.0231. The van der Waals surface area contributed by atoms with Crippen molar-refractivity contribution in [2.45, 2.75) is 57.5 Å². The lowest BCUT2D eigenvalue weighted by Crippen LogP contribution is -2.31. The number of carbonyl (C=O) groups excluding carboxylic acids is 1. The maximum absolute atomic E-state index is 12.5. The smallest absolute Gasteiger partial charge is 0.266 e. The predicted molar refractivity (Wildman–Crippen MR) is 138 cm³/mol. The van der Waals surface area contributed by atoms with E-state index in [4.69, 9.17) is 14.2 Å². The van der Waals surface area contributed by atoms with E-state index in [1.54, 1.807) is 49.4 Å². The highest BCUT2D eigenvalue weighted by atomic mass is 32.2. The number of hydrogen-bond donors (Lipinski definition) is 2. The van der Waals surface area contributed by atoms with Crippen LogP contribution in [0.2, 0.25) is 0 Å². The molecule has 2 atom stereocenters. The van der Waals surface area contributed by atoms with Gasteiger partial charge in [-0.15, -0.1) is 0 Å². The lowest BCUT2D eigenvalue weighted by Gasteiger charge is -2.27. The van der Waals surface area contributed by atoms with E-state index in [9.17, 15) is 18.3 Å². The number of aromatic nitrogens is 2. The highest BCUT2D eigenvalue weighted by molar-refractivity contribution is 7.89. The molecule has 0 radical (unpaired) electrons. The molecule has 1 amide bonds. The van der Waals surface area contributed by atoms with Crippen LogP contribution in [0, 0.1) is 6.92 Å². The molecule has 4 rings (SSSR count). The van der Waals surface area contributed by atoms with Crippen molar-refractivity contribution in [1.82, 2.24) is 14.5 Å². The van der Waals surface area contributed by atoms with Gasteiger partial charge in [0.1, 0.15) is 29.2 Å². The third-order valence-electron chi connectivity index (χ3n) is 6.61. The molecule has 0 saturated heterocycles. The summed E-state index contributed by atoms with van der Waals surface area (Å²) in [6.45, 7) is 2.09. The molecular formula is C26H33N3O7S. The normalized spacial score (nSPS) is 16.0. The Hall–Kier alpha value is -3.15. The third-order valence-corrected chi connectivity index (χ3v) is 7.17. The van der Waals surface area contributed by atoms with Crippen molar-refractivity contribution in [3.8, 4) is 11.5 Å². The number of carbonyl (C=O) groups is 1. The topological polar surface area (TPSA) is 129 Å². The van der Waals surface area contributed by atoms with Crippen molar-refractivity contribution < 1.29 is 32.5 Å². The van der Waals surface area contributed by atoms with Gasteiger partial charge in [0.05, 0.1) is 38.7 Å². The van der Waals surface area contributed by atoms with Crippen LogP contribution in [0.25, 0.3) is 10.9 Å². The van der Waals surface area contributed by atoms with E-state index in [2.05, 4.69) is 5.10 Å². The minimum atomic E-state index is -3.73. The SMILES string of the molecule is COc1cc(C(O)C(Cn2cc3cccc(C(=O)NS(C)(=O)=O)c3n2)OC2CCCC2)cc(OC)c1C. The van der Waals surface area contributed by atoms with Crippen molar-refractivity contribution in [2.24, 2.45) is 0 Å². The second kappa shape index (κ2) is 11.1. The molecule has 37 heavy (non-hydrogen) atoms. The van der Waals surface area contributed by atoms with E-state index < -0.39 is 28.1 Å². The predicted octanol–water partition coefficient (Wildman–Crippen LogP) is 3.11. The van der Waals surface area contributed by atoms with Crippen LogP contribution in [0.4, 0.5) is 0 Å². The first kappa shape index (κ1) is 26.9. The van der Waals surface area contributed by atoms with Crippen molar-refractivity contribution in [2.75, 3.05) is 20.5 Å². The van der Waals surface area contributed by atoms with Crippen LogP contribution in [0.1, 0.15) is 53.3 Å². The summed E-state index contributed by atoms with van der Waals surface area (Å²) in [5.41, 5.74) is 1.92. The average Bonchev–Trinajstić information content (AvgIpc) is 3.51. The van der Waals surface area contributed by atoms with Gasteiger partial charge in [-0.05, 0) is 43.5 Å². The number of methoxy groups -OCH3 is 2. The molecular weight excluding hydrogens is 498 g/mol. The molecule has 2 aromatic carbocycles. The quantitative estimate of drug-likeness (QED) is 0.408. The summed E-state index contributed by atoms with van der Waals surface area (Å²) in [4.78, 5) is 12.5. The lowest BCUT2D eigenvalue weighted by molar-refractivity contribution is -0.0845. The van der Waals surface area contributed by atoms with E-state index in [1.165, 1.54) is 6.07 Å². The molecule has 1 aliphatic rings. The van der Waals surface area contributed by atoms with Crippen LogP contribution < -0.4 is 14.2 Å². The summed E-state index contributed by atoms with van der Waals surface area (Å²) >= 11 is 0. The first-order valence-corrected chi connectivity index (χ1v) is 14.0. The molecule has 200 valence electrons. The fourth-order valence-corrected chi connectivity index (χ4v) is 5.21. The number of sulfonamides is 1. The first-order valence-electron chi connectivity index (χ1n) is 12.1. The Morgan fingerprint density at radius 2 is 1.84 bits per heavy atom. The van der Waals surface area contributed by atoms with Gasteiger partial charge in [-0.1, -0.05) is 25.0 Å². The second-order valence-corrected chi connectivity index (χ2v) is 11.1. The molecule has 1 fully saturated rings. The number of amides is 1. The Morgan fingerprint density at radius 3 is 2.43 bits per heavy atom. The number of aliphatic hydroxyl groups is 1. The summed E-state index contributed by atoms with van der Waals surface area (Å²) in [5.74, 6) is 0.440. The van der Waals surface area contributed by atoms with Gasteiger partial charge in [-0.25, -0.2) is 13.1 Å². The summed E-state index contributed by atoms with van der Waals surface area (Å²) in [7, 11) is -0.597. The zero-order valence-corrected chi connectivity index (χ0v) is 22.2. The van der Waals surface area contributed by atoms with Crippen LogP contribution in [0.15, 0.2) is 36.5 Å². The molecule has 1 heterocycles. The number of fused-ring (bicyclic) bond motifs is 1. The molecule has 0 bridgehead atoms. The molecule has 0 aliphatic heterocycles. The maximum Gasteiger partial charge on any atom is 0.266 e. The molecule has 10 nitrogen and oxygen atoms in total. The Labute approximate surface area is 216 Å². The Balaban J connectivity index is 1.67. The Kier molecular flexibility index (Phi) is 8.05. The van der Waals surface area contributed by atoms with Crippen LogP contribution in [-0.4, -0.2) is 61.9 Å². The van der Waals surface area contributed by atoms with Gasteiger partial charge in [-0.2, -0.15) is 5.10 Å². The van der Waals surface area contributed by atoms with Crippen molar-refractivity contribution >= 4 is 26.8 Å². The monoisotopic (exact) mass is 531 g/mol. The average molecular weight is 532 g/mol. The Bertz CT molecular complexity index is 1360. The molecule has 11 heteroatoms. The maximum atomic E-state index is 12.5. The van der Waals surface area contributed by atoms with Gasteiger partial charge in [0.2, 0.25) is 10.0 Å². The van der Waals surface area contributed by atoms with E-state index in [0.717, 1.165) is 37.5 Å². The number of nitrogens with one attached hydrogen (secondary N) is 1.